The Morgan fingerprint density at radius 3 is 2.04 bits per heavy atom. The molecule has 2 N–H and O–H groups in total. The van der Waals surface area contributed by atoms with E-state index in [1.807, 2.05) is 62.4 Å². The molecule has 1 aliphatic carbocycles. The summed E-state index contributed by atoms with van der Waals surface area (Å²) < 4.78 is 0. The van der Waals surface area contributed by atoms with Gasteiger partial charge in [0, 0.05) is 11.4 Å². The summed E-state index contributed by atoms with van der Waals surface area (Å²) in [5.74, 6) is -0.639. The summed E-state index contributed by atoms with van der Waals surface area (Å²) in [6, 6.07) is 15.1. The Balaban J connectivity index is 1.56. The number of anilines is 2. The predicted molar refractivity (Wildman–Crippen MR) is 91.2 cm³/mol. The second kappa shape index (κ2) is 6.24. The van der Waals surface area contributed by atoms with E-state index in [1.54, 1.807) is 0 Å². The number of amides is 2. The third-order valence-electron chi connectivity index (χ3n) is 4.28. The van der Waals surface area contributed by atoms with Gasteiger partial charge in [0.05, 0.1) is 11.8 Å². The standard InChI is InChI=1S/C19H20N2O2/c1-12-8-9-15(10-13(12)2)21-19(23)17-11-16(17)18(22)20-14-6-4-3-5-7-14/h3-10,16-17H,11H2,1-2H3,(H,20,22)(H,21,23). The first-order valence-corrected chi connectivity index (χ1v) is 7.78. The molecule has 1 saturated carbocycles. The topological polar surface area (TPSA) is 58.2 Å². The van der Waals surface area contributed by atoms with Crippen molar-refractivity contribution in [2.45, 2.75) is 20.3 Å². The molecule has 4 heteroatoms. The highest BCUT2D eigenvalue weighted by Crippen LogP contribution is 2.40. The molecule has 0 radical (unpaired) electrons. The molecular weight excluding hydrogens is 288 g/mol. The van der Waals surface area contributed by atoms with Crippen LogP contribution in [0.25, 0.3) is 0 Å². The summed E-state index contributed by atoms with van der Waals surface area (Å²) in [4.78, 5) is 24.4. The number of hydrogen-bond donors (Lipinski definition) is 2. The molecule has 2 unspecified atom stereocenters. The van der Waals surface area contributed by atoms with E-state index in [-0.39, 0.29) is 23.7 Å². The van der Waals surface area contributed by atoms with Crippen LogP contribution >= 0.6 is 0 Å². The molecular formula is C19H20N2O2. The number of para-hydroxylation sites is 1. The van der Waals surface area contributed by atoms with Gasteiger partial charge < -0.3 is 10.6 Å². The summed E-state index contributed by atoms with van der Waals surface area (Å²) in [5, 5.41) is 5.75. The first kappa shape index (κ1) is 15.3. The van der Waals surface area contributed by atoms with Gasteiger partial charge >= 0.3 is 0 Å². The molecule has 0 bridgehead atoms. The molecule has 0 spiro atoms. The van der Waals surface area contributed by atoms with E-state index in [0.29, 0.717) is 6.42 Å². The monoisotopic (exact) mass is 308 g/mol. The molecule has 2 atom stereocenters. The van der Waals surface area contributed by atoms with Crippen LogP contribution in [-0.4, -0.2) is 11.8 Å². The molecule has 2 aromatic rings. The Morgan fingerprint density at radius 2 is 1.43 bits per heavy atom. The molecule has 0 heterocycles. The summed E-state index contributed by atoms with van der Waals surface area (Å²) >= 11 is 0. The number of aryl methyl sites for hydroxylation is 2. The lowest BCUT2D eigenvalue weighted by molar-refractivity contribution is -0.122. The molecule has 2 aromatic carbocycles. The first-order valence-electron chi connectivity index (χ1n) is 7.78. The number of carbonyl (C=O) groups excluding carboxylic acids is 2. The highest BCUT2D eigenvalue weighted by atomic mass is 16.2. The van der Waals surface area contributed by atoms with Crippen molar-refractivity contribution in [2.75, 3.05) is 10.6 Å². The Hall–Kier alpha value is -2.62. The lowest BCUT2D eigenvalue weighted by Gasteiger charge is -2.08. The highest BCUT2D eigenvalue weighted by molar-refractivity contribution is 6.03. The van der Waals surface area contributed by atoms with E-state index >= 15 is 0 Å². The average Bonchev–Trinajstić information content (AvgIpc) is 3.33. The molecule has 1 aliphatic rings. The lowest BCUT2D eigenvalue weighted by atomic mass is 10.1. The van der Waals surface area contributed by atoms with Crippen LogP contribution in [0.15, 0.2) is 48.5 Å². The van der Waals surface area contributed by atoms with Gasteiger partial charge in [-0.25, -0.2) is 0 Å². The first-order chi connectivity index (χ1) is 11.0. The van der Waals surface area contributed by atoms with Crippen molar-refractivity contribution in [1.82, 2.24) is 0 Å². The Bertz CT molecular complexity index is 740. The number of hydrogen-bond acceptors (Lipinski definition) is 2. The smallest absolute Gasteiger partial charge is 0.228 e. The maximum Gasteiger partial charge on any atom is 0.228 e. The summed E-state index contributed by atoms with van der Waals surface area (Å²) in [7, 11) is 0. The summed E-state index contributed by atoms with van der Waals surface area (Å²) in [6.07, 6.45) is 0.606. The molecule has 23 heavy (non-hydrogen) atoms. The molecule has 2 amide bonds. The van der Waals surface area contributed by atoms with Crippen molar-refractivity contribution in [3.63, 3.8) is 0 Å². The quantitative estimate of drug-likeness (QED) is 0.908. The molecule has 0 saturated heterocycles. The van der Waals surface area contributed by atoms with E-state index in [4.69, 9.17) is 0 Å². The predicted octanol–water partition coefficient (Wildman–Crippen LogP) is 3.52. The molecule has 1 fully saturated rings. The van der Waals surface area contributed by atoms with Gasteiger partial charge in [0.1, 0.15) is 0 Å². The van der Waals surface area contributed by atoms with Crippen LogP contribution in [-0.2, 0) is 9.59 Å². The van der Waals surface area contributed by atoms with Crippen LogP contribution in [0.5, 0.6) is 0 Å². The number of nitrogens with one attached hydrogen (secondary N) is 2. The van der Waals surface area contributed by atoms with Crippen LogP contribution in [0, 0.1) is 25.7 Å². The SMILES string of the molecule is Cc1ccc(NC(=O)C2CC2C(=O)Nc2ccccc2)cc1C. The van der Waals surface area contributed by atoms with Crippen molar-refractivity contribution in [3.05, 3.63) is 59.7 Å². The van der Waals surface area contributed by atoms with E-state index in [9.17, 15) is 9.59 Å². The average molecular weight is 308 g/mol. The Morgan fingerprint density at radius 1 is 0.826 bits per heavy atom. The van der Waals surface area contributed by atoms with Crippen LogP contribution in [0.3, 0.4) is 0 Å². The van der Waals surface area contributed by atoms with E-state index in [2.05, 4.69) is 10.6 Å². The minimum absolute atomic E-state index is 0.0820. The van der Waals surface area contributed by atoms with Gasteiger partial charge in [-0.3, -0.25) is 9.59 Å². The molecule has 118 valence electrons. The van der Waals surface area contributed by atoms with Gasteiger partial charge in [0.15, 0.2) is 0 Å². The van der Waals surface area contributed by atoms with Crippen LogP contribution in [0.1, 0.15) is 17.5 Å². The number of carbonyl (C=O) groups is 2. The third kappa shape index (κ3) is 3.59. The van der Waals surface area contributed by atoms with Gasteiger partial charge in [0.25, 0.3) is 0 Å². The van der Waals surface area contributed by atoms with Gasteiger partial charge in [-0.1, -0.05) is 24.3 Å². The minimum atomic E-state index is -0.236. The normalized spacial score (nSPS) is 19.0. The fourth-order valence-corrected chi connectivity index (χ4v) is 2.59. The molecule has 3 rings (SSSR count). The van der Waals surface area contributed by atoms with Crippen LogP contribution < -0.4 is 10.6 Å². The fourth-order valence-electron chi connectivity index (χ4n) is 2.59. The highest BCUT2D eigenvalue weighted by Gasteiger charge is 2.48. The van der Waals surface area contributed by atoms with Gasteiger partial charge in [-0.2, -0.15) is 0 Å². The van der Waals surface area contributed by atoms with Gasteiger partial charge in [-0.15, -0.1) is 0 Å². The van der Waals surface area contributed by atoms with Crippen LogP contribution in [0.2, 0.25) is 0 Å². The van der Waals surface area contributed by atoms with E-state index in [0.717, 1.165) is 16.9 Å². The van der Waals surface area contributed by atoms with Crippen molar-refractivity contribution >= 4 is 23.2 Å². The van der Waals surface area contributed by atoms with Crippen LogP contribution in [0.4, 0.5) is 11.4 Å². The van der Waals surface area contributed by atoms with Crippen molar-refractivity contribution in [3.8, 4) is 0 Å². The number of rotatable bonds is 4. The number of benzene rings is 2. The fraction of sp³-hybridized carbons (Fsp3) is 0.263. The largest absolute Gasteiger partial charge is 0.326 e. The van der Waals surface area contributed by atoms with E-state index in [1.165, 1.54) is 5.56 Å². The second-order valence-electron chi connectivity index (χ2n) is 6.09. The maximum absolute atomic E-state index is 12.2. The Kier molecular flexibility index (Phi) is 4.15. The summed E-state index contributed by atoms with van der Waals surface area (Å²) in [5.41, 5.74) is 3.87. The third-order valence-corrected chi connectivity index (χ3v) is 4.28. The zero-order chi connectivity index (χ0) is 16.4. The minimum Gasteiger partial charge on any atom is -0.326 e. The second-order valence-corrected chi connectivity index (χ2v) is 6.09. The van der Waals surface area contributed by atoms with Gasteiger partial charge in [0.2, 0.25) is 11.8 Å². The van der Waals surface area contributed by atoms with Crippen molar-refractivity contribution in [1.29, 1.82) is 0 Å². The molecule has 0 aliphatic heterocycles. The van der Waals surface area contributed by atoms with Crippen molar-refractivity contribution in [2.24, 2.45) is 11.8 Å². The zero-order valence-electron chi connectivity index (χ0n) is 13.3. The van der Waals surface area contributed by atoms with Crippen molar-refractivity contribution < 1.29 is 9.59 Å². The summed E-state index contributed by atoms with van der Waals surface area (Å²) in [6.45, 7) is 4.05. The zero-order valence-corrected chi connectivity index (χ0v) is 13.3. The Labute approximate surface area is 135 Å². The lowest BCUT2D eigenvalue weighted by Crippen LogP contribution is -2.20. The molecule has 0 aromatic heterocycles. The maximum atomic E-state index is 12.2. The van der Waals surface area contributed by atoms with Gasteiger partial charge in [-0.05, 0) is 55.7 Å². The molecule has 4 nitrogen and oxygen atoms in total. The van der Waals surface area contributed by atoms with E-state index < -0.39 is 0 Å².